The average molecular weight is 1820 g/mol. The molecule has 56 heteroatoms. The standard InChI is InChI=1S/2C15H24N4O7.C14H22N4O7S.C14H22N4O7.C12H18N4O7/c1-7(2)5-8(16)14(22)25-6-9-11(20)12(21)13(26-9)19-4-3-10(18-24)17-15(19)23;1-3-7(2)10(16)14(22)25-6-8-11(20)12(21)13(26-8)19-5-4-9(18-24)17-15(19)23;1-26-5-3-7(15)13(21)24-6-8-10(19)11(20)12(25-8)18-4-2-9(17-23)16-14(18)22;1-6(2)9(15)13(21)24-5-7-10(19)11(20)12(25-7)18-4-3-8(17-23)16-14(18)22;1-5(13)11(19)22-4-6-8(17)9(18)10(23-6)16-3-2-7(15-21)14-12(16)20/h3-4,7-9,11-13,20-21,24H,5-6,16H2,1-2H3,(H,17,18,23);4-5,7-8,10-13,20-21,24H,3,6,16H2,1-2H3,(H,17,18,23);2,4,7-8,10-12,19-20,23H,3,5-6,15H2,1H3,(H,16,17,22);3-4,6-7,9-12,19-20,23H,5,15H2,1-2H3,(H,16,17,22);2-3,5-6,8-10,17-18,21H,4,13H2,1H3,(H,14,15,20)/t8-,9+,11+,12+,13+;7-,8+,10-,11+,12+,13+;7-,8+,10+,11+,12+;7-,9+,10-,11-,12-;5-,6+,8+,9+,10+/m00010/s1. The summed E-state index contributed by atoms with van der Waals surface area (Å²) >= 11 is 1.55. The van der Waals surface area contributed by atoms with Crippen LogP contribution in [-0.4, -0.2) is 322 Å². The quantitative estimate of drug-likeness (QED) is 0.0105. The molecular weight excluding hydrogens is 1710 g/mol. The number of aromatic nitrogens is 10. The summed E-state index contributed by atoms with van der Waals surface area (Å²) in [5.41, 5.74) is 32.8. The molecule has 5 saturated heterocycles. The topological polar surface area (TPSA) is 846 Å². The van der Waals surface area contributed by atoms with Gasteiger partial charge in [0.2, 0.25) is 0 Å². The molecule has 5 aromatic heterocycles. The van der Waals surface area contributed by atoms with Crippen LogP contribution in [-0.2, 0) is 71.3 Å². The van der Waals surface area contributed by atoms with Crippen molar-refractivity contribution in [3.8, 4) is 0 Å². The minimum absolute atomic E-state index is 0.0708. The third-order valence-electron chi connectivity index (χ3n) is 19.6. The van der Waals surface area contributed by atoms with E-state index in [0.717, 1.165) is 22.8 Å². The first-order valence-electron chi connectivity index (χ1n) is 38.7. The smallest absolute Gasteiger partial charge is 0.351 e. The Kier molecular flexibility index (Phi) is 41.2. The monoisotopic (exact) mass is 1820 g/mol. The van der Waals surface area contributed by atoms with Crippen LogP contribution in [0.25, 0.3) is 0 Å². The number of rotatable bonds is 33. The second-order valence-corrected chi connectivity index (χ2v) is 30.5. The molecule has 55 nitrogen and oxygen atoms in total. The van der Waals surface area contributed by atoms with E-state index in [9.17, 15) is 99.0 Å². The summed E-state index contributed by atoms with van der Waals surface area (Å²) in [5.74, 6) is -2.92. The summed E-state index contributed by atoms with van der Waals surface area (Å²) < 4.78 is 57.0. The summed E-state index contributed by atoms with van der Waals surface area (Å²) in [7, 11) is 0. The molecule has 0 unspecified atom stereocenters. The van der Waals surface area contributed by atoms with Gasteiger partial charge in [-0.3, -0.25) is 100 Å². The molecule has 0 bridgehead atoms. The van der Waals surface area contributed by atoms with Gasteiger partial charge >= 0.3 is 58.3 Å². The van der Waals surface area contributed by atoms with Crippen molar-refractivity contribution in [1.29, 1.82) is 0 Å². The van der Waals surface area contributed by atoms with Crippen molar-refractivity contribution in [2.45, 2.75) is 221 Å². The molecule has 126 heavy (non-hydrogen) atoms. The predicted molar refractivity (Wildman–Crippen MR) is 426 cm³/mol. The Hall–Kier alpha value is -9.90. The number of anilines is 5. The Morgan fingerprint density at radius 2 is 0.627 bits per heavy atom. The number of carbonyl (C=O) groups is 5. The zero-order valence-electron chi connectivity index (χ0n) is 68.9. The van der Waals surface area contributed by atoms with Crippen molar-refractivity contribution in [2.75, 3.05) is 72.4 Å². The summed E-state index contributed by atoms with van der Waals surface area (Å²) in [6.45, 7) is 10.9. The number of aliphatic hydroxyl groups is 10. The van der Waals surface area contributed by atoms with Gasteiger partial charge in [0.15, 0.2) is 60.2 Å². The van der Waals surface area contributed by atoms with Gasteiger partial charge in [0, 0.05) is 31.0 Å². The van der Waals surface area contributed by atoms with Crippen LogP contribution in [0, 0.1) is 17.8 Å². The van der Waals surface area contributed by atoms with E-state index in [1.165, 1.54) is 68.2 Å². The minimum atomic E-state index is -1.44. The van der Waals surface area contributed by atoms with Crippen LogP contribution in [0.4, 0.5) is 29.1 Å². The normalized spacial score (nSPS) is 27.3. The number of carbonyl (C=O) groups excluding carboxylic acids is 5. The van der Waals surface area contributed by atoms with Crippen LogP contribution in [0.5, 0.6) is 0 Å². The van der Waals surface area contributed by atoms with Crippen molar-refractivity contribution in [1.82, 2.24) is 47.8 Å². The van der Waals surface area contributed by atoms with Crippen molar-refractivity contribution >= 4 is 70.7 Å². The Balaban J connectivity index is 0.000000243. The lowest BCUT2D eigenvalue weighted by molar-refractivity contribution is -0.153. The predicted octanol–water partition coefficient (Wildman–Crippen LogP) is -8.81. The molecule has 5 aliphatic rings. The summed E-state index contributed by atoms with van der Waals surface area (Å²) in [4.78, 5) is 136. The molecule has 5 fully saturated rings. The molecule has 0 amide bonds. The molecule has 26 atom stereocenters. The van der Waals surface area contributed by atoms with Gasteiger partial charge in [-0.1, -0.05) is 48.0 Å². The molecule has 0 aliphatic carbocycles. The second-order valence-electron chi connectivity index (χ2n) is 29.5. The largest absolute Gasteiger partial charge is 0.462 e. The Morgan fingerprint density at radius 3 is 0.841 bits per heavy atom. The van der Waals surface area contributed by atoms with Crippen molar-refractivity contribution in [2.24, 2.45) is 46.4 Å². The highest BCUT2D eigenvalue weighted by Gasteiger charge is 2.50. The third kappa shape index (κ3) is 28.1. The molecule has 0 spiro atoms. The van der Waals surface area contributed by atoms with E-state index in [1.807, 2.05) is 34.0 Å². The second kappa shape index (κ2) is 49.4. The molecule has 30 N–H and O–H groups in total. The van der Waals surface area contributed by atoms with Crippen molar-refractivity contribution in [3.63, 3.8) is 0 Å². The number of thioether (sulfide) groups is 1. The van der Waals surface area contributed by atoms with Crippen LogP contribution < -0.4 is 84.5 Å². The van der Waals surface area contributed by atoms with E-state index in [4.69, 9.17) is 102 Å². The molecule has 10 heterocycles. The maximum Gasteiger partial charge on any atom is 0.351 e. The number of nitrogens with one attached hydrogen (secondary N) is 5. The van der Waals surface area contributed by atoms with E-state index in [2.05, 4.69) is 24.9 Å². The Labute approximate surface area is 717 Å². The van der Waals surface area contributed by atoms with Gasteiger partial charge in [0.05, 0.1) is 0 Å². The van der Waals surface area contributed by atoms with Crippen LogP contribution in [0.15, 0.2) is 85.3 Å². The molecule has 5 aliphatic heterocycles. The van der Waals surface area contributed by atoms with Gasteiger partial charge in [-0.15, -0.1) is 0 Å². The zero-order chi connectivity index (χ0) is 94.0. The molecule has 0 aromatic carbocycles. The average Bonchev–Trinajstić information content (AvgIpc) is 1.67. The summed E-state index contributed by atoms with van der Waals surface area (Å²) in [6, 6.07) is 2.36. The van der Waals surface area contributed by atoms with E-state index >= 15 is 0 Å². The van der Waals surface area contributed by atoms with Gasteiger partial charge in [-0.05, 0) is 79.9 Å². The summed E-state index contributed by atoms with van der Waals surface area (Å²) in [5, 5.41) is 144. The van der Waals surface area contributed by atoms with Crippen molar-refractivity contribution < 1.29 is 148 Å². The van der Waals surface area contributed by atoms with E-state index < -0.39 is 211 Å². The molecule has 5 aromatic rings. The molecular formula is C70H110N20O35S. The highest BCUT2D eigenvalue weighted by Crippen LogP contribution is 2.34. The van der Waals surface area contributed by atoms with Gasteiger partial charge in [0.1, 0.15) is 155 Å². The number of esters is 5. The number of nitrogens with two attached hydrogens (primary N) is 5. The lowest BCUT2D eigenvalue weighted by atomic mass is 10.0. The maximum atomic E-state index is 11.9. The first-order valence-corrected chi connectivity index (χ1v) is 40.1. The number of nitrogens with zero attached hydrogens (tertiary/aromatic N) is 10. The SMILES string of the molecule is CC(C)C[C@H](N)C(=O)OC[C@H]1O[C@@H](n2ccc(NO)nc2=O)[C@H](O)[C@@H]1O.CC(C)[C@H](N)C(=O)OC[C@H]1O[C@@H](n2ccc(NO)nc2=O)[C@H](O)[C@@H]1O.CC[C@H](C)[C@H](N)C(=O)OC[C@H]1O[C@@H](n2ccc(NO)nc2=O)[C@H](O)[C@@H]1O.CSCC[C@H](N)C(=O)OC[C@H]1O[C@@H](n2ccc(NO)nc2=O)[C@H](O)[C@@H]1O.C[C@H](N)C(=O)OC[C@H]1O[C@@H](n2ccc(NO)nc2=O)[C@H](O)[C@@H]1O. The fraction of sp³-hybridized carbons (Fsp3) is 0.643. The van der Waals surface area contributed by atoms with Gasteiger partial charge in [0.25, 0.3) is 0 Å². The third-order valence-corrected chi connectivity index (χ3v) is 20.2. The first kappa shape index (κ1) is 105. The number of aliphatic hydroxyl groups excluding tert-OH is 10. The molecule has 0 saturated carbocycles. The van der Waals surface area contributed by atoms with Gasteiger partial charge in [-0.25, -0.2) is 24.0 Å². The fourth-order valence-corrected chi connectivity index (χ4v) is 12.4. The fourth-order valence-electron chi connectivity index (χ4n) is 11.9. The van der Waals surface area contributed by atoms with E-state index in [0.29, 0.717) is 25.0 Å². The van der Waals surface area contributed by atoms with Crippen LogP contribution in [0.3, 0.4) is 0 Å². The van der Waals surface area contributed by atoms with Crippen LogP contribution in [0.2, 0.25) is 0 Å². The molecule has 0 radical (unpaired) electrons. The zero-order valence-corrected chi connectivity index (χ0v) is 69.8. The number of hydrogen-bond donors (Lipinski definition) is 25. The van der Waals surface area contributed by atoms with Gasteiger partial charge in [-0.2, -0.15) is 36.7 Å². The molecule has 706 valence electrons. The van der Waals surface area contributed by atoms with E-state index in [1.54, 1.807) is 53.0 Å². The molecule has 10 rings (SSSR count). The first-order chi connectivity index (χ1) is 59.5. The Bertz CT molecular complexity index is 4640. The van der Waals surface area contributed by atoms with Crippen LogP contribution >= 0.6 is 11.8 Å². The lowest BCUT2D eigenvalue weighted by Gasteiger charge is -2.19. The highest BCUT2D eigenvalue weighted by atomic mass is 32.2. The maximum absolute atomic E-state index is 11.9. The van der Waals surface area contributed by atoms with Crippen LogP contribution in [0.1, 0.15) is 98.9 Å². The minimum Gasteiger partial charge on any atom is -0.462 e. The van der Waals surface area contributed by atoms with E-state index in [-0.39, 0.29) is 79.9 Å². The lowest BCUT2D eigenvalue weighted by Crippen LogP contribution is -2.41. The van der Waals surface area contributed by atoms with Gasteiger partial charge < -0.3 is 127 Å². The number of hydrogen-bond acceptors (Lipinski definition) is 51. The Morgan fingerprint density at radius 1 is 0.389 bits per heavy atom. The number of ether oxygens (including phenoxy) is 10. The summed E-state index contributed by atoms with van der Waals surface area (Å²) in [6.07, 6.45) is -15.6. The van der Waals surface area contributed by atoms with Crippen molar-refractivity contribution in [3.05, 3.63) is 114 Å². The highest BCUT2D eigenvalue weighted by molar-refractivity contribution is 7.98.